The zero-order chi connectivity index (χ0) is 21.7. The molecule has 1 amide bonds. The number of hydrogen-bond acceptors (Lipinski definition) is 7. The Balaban J connectivity index is 1.63. The number of aryl methyl sites for hydroxylation is 1. The first-order valence-corrected chi connectivity index (χ1v) is 10.0. The van der Waals surface area contributed by atoms with Gasteiger partial charge in [-0.1, -0.05) is 12.1 Å². The van der Waals surface area contributed by atoms with Gasteiger partial charge >= 0.3 is 5.97 Å². The van der Waals surface area contributed by atoms with Gasteiger partial charge in [0.25, 0.3) is 5.91 Å². The van der Waals surface area contributed by atoms with Gasteiger partial charge in [0.15, 0.2) is 6.61 Å². The summed E-state index contributed by atoms with van der Waals surface area (Å²) in [5.74, 6) is -0.0888. The number of anilines is 1. The number of hydrogen-bond donors (Lipinski definition) is 1. The maximum Gasteiger partial charge on any atom is 0.338 e. The molecule has 7 nitrogen and oxygen atoms in total. The van der Waals surface area contributed by atoms with E-state index in [2.05, 4.69) is 10.3 Å². The van der Waals surface area contributed by atoms with Crippen molar-refractivity contribution in [2.24, 2.45) is 0 Å². The van der Waals surface area contributed by atoms with Gasteiger partial charge in [-0.15, -0.1) is 11.3 Å². The summed E-state index contributed by atoms with van der Waals surface area (Å²) in [6.45, 7) is 3.34. The Bertz CT molecular complexity index is 1050. The lowest BCUT2D eigenvalue weighted by Crippen LogP contribution is -2.21. The van der Waals surface area contributed by atoms with Gasteiger partial charge in [-0.05, 0) is 38.1 Å². The maximum atomic E-state index is 12.4. The van der Waals surface area contributed by atoms with Crippen molar-refractivity contribution in [3.8, 4) is 22.8 Å². The van der Waals surface area contributed by atoms with E-state index in [0.29, 0.717) is 17.2 Å². The Labute approximate surface area is 178 Å². The minimum Gasteiger partial charge on any atom is -0.496 e. The first kappa shape index (κ1) is 21.3. The summed E-state index contributed by atoms with van der Waals surface area (Å²) in [5, 5.41) is 5.66. The zero-order valence-electron chi connectivity index (χ0n) is 17.1. The highest BCUT2D eigenvalue weighted by Gasteiger charge is 2.16. The van der Waals surface area contributed by atoms with Gasteiger partial charge in [0.05, 0.1) is 30.5 Å². The van der Waals surface area contributed by atoms with E-state index in [0.717, 1.165) is 21.8 Å². The van der Waals surface area contributed by atoms with Crippen LogP contribution in [0.25, 0.3) is 11.3 Å². The minimum absolute atomic E-state index is 0.239. The fraction of sp³-hybridized carbons (Fsp3) is 0.227. The van der Waals surface area contributed by atoms with E-state index in [1.165, 1.54) is 14.2 Å². The highest BCUT2D eigenvalue weighted by molar-refractivity contribution is 7.09. The first-order valence-electron chi connectivity index (χ1n) is 9.13. The quantitative estimate of drug-likeness (QED) is 0.569. The molecule has 3 rings (SSSR count). The SMILES string of the molecule is COc1cc(C(=O)OCC(=O)Nc2cccc(-c3csc(C)n3)c2)cc(OC)c1C. The second-order valence-corrected chi connectivity index (χ2v) is 7.52. The van der Waals surface area contributed by atoms with Crippen molar-refractivity contribution < 1.29 is 23.8 Å². The van der Waals surface area contributed by atoms with Crippen LogP contribution in [-0.2, 0) is 9.53 Å². The molecule has 156 valence electrons. The van der Waals surface area contributed by atoms with E-state index in [1.54, 1.807) is 29.5 Å². The molecule has 0 aliphatic heterocycles. The monoisotopic (exact) mass is 426 g/mol. The van der Waals surface area contributed by atoms with Crippen LogP contribution >= 0.6 is 11.3 Å². The van der Waals surface area contributed by atoms with Gasteiger partial charge in [-0.3, -0.25) is 4.79 Å². The maximum absolute atomic E-state index is 12.4. The fourth-order valence-electron chi connectivity index (χ4n) is 2.87. The van der Waals surface area contributed by atoms with Gasteiger partial charge in [-0.25, -0.2) is 9.78 Å². The molecule has 0 saturated carbocycles. The third-order valence-electron chi connectivity index (χ3n) is 4.38. The summed E-state index contributed by atoms with van der Waals surface area (Å²) >= 11 is 1.56. The lowest BCUT2D eigenvalue weighted by atomic mass is 10.1. The number of amides is 1. The summed E-state index contributed by atoms with van der Waals surface area (Å²) in [6, 6.07) is 10.4. The summed E-state index contributed by atoms with van der Waals surface area (Å²) < 4.78 is 15.7. The normalized spacial score (nSPS) is 10.4. The lowest BCUT2D eigenvalue weighted by molar-refractivity contribution is -0.119. The van der Waals surface area contributed by atoms with Crippen molar-refractivity contribution >= 4 is 28.9 Å². The predicted octanol–water partition coefficient (Wildman–Crippen LogP) is 4.24. The van der Waals surface area contributed by atoms with Crippen molar-refractivity contribution in [3.05, 3.63) is 57.9 Å². The Morgan fingerprint density at radius 1 is 1.07 bits per heavy atom. The second-order valence-electron chi connectivity index (χ2n) is 6.46. The van der Waals surface area contributed by atoms with Crippen LogP contribution in [0.3, 0.4) is 0 Å². The fourth-order valence-corrected chi connectivity index (χ4v) is 3.49. The number of carbonyl (C=O) groups excluding carboxylic acids is 2. The number of rotatable bonds is 7. The minimum atomic E-state index is -0.645. The molecule has 2 aromatic carbocycles. The average molecular weight is 426 g/mol. The van der Waals surface area contributed by atoms with E-state index >= 15 is 0 Å². The van der Waals surface area contributed by atoms with E-state index in [9.17, 15) is 9.59 Å². The van der Waals surface area contributed by atoms with Crippen LogP contribution in [0, 0.1) is 13.8 Å². The molecule has 0 radical (unpaired) electrons. The van der Waals surface area contributed by atoms with Gasteiger partial charge < -0.3 is 19.5 Å². The summed E-state index contributed by atoms with van der Waals surface area (Å²) in [5.41, 5.74) is 3.35. The van der Waals surface area contributed by atoms with Crippen molar-refractivity contribution in [3.63, 3.8) is 0 Å². The number of methoxy groups -OCH3 is 2. The number of nitrogens with zero attached hydrogens (tertiary/aromatic N) is 1. The van der Waals surface area contributed by atoms with Crippen molar-refractivity contribution in [1.29, 1.82) is 0 Å². The molecule has 0 saturated heterocycles. The van der Waals surface area contributed by atoms with Gasteiger partial charge in [-0.2, -0.15) is 0 Å². The van der Waals surface area contributed by atoms with Crippen LogP contribution in [0.15, 0.2) is 41.8 Å². The smallest absolute Gasteiger partial charge is 0.338 e. The molecular formula is C22H22N2O5S. The summed E-state index contributed by atoms with van der Waals surface area (Å²) in [7, 11) is 3.01. The number of aromatic nitrogens is 1. The number of thiazole rings is 1. The molecule has 0 atom stereocenters. The Kier molecular flexibility index (Phi) is 6.68. The standard InChI is InChI=1S/C22H22N2O5S/c1-13-19(27-3)9-16(10-20(13)28-4)22(26)29-11-21(25)24-17-7-5-6-15(8-17)18-12-30-14(2)23-18/h5-10,12H,11H2,1-4H3,(H,24,25). The lowest BCUT2D eigenvalue weighted by Gasteiger charge is -2.12. The number of benzene rings is 2. The van der Waals surface area contributed by atoms with Crippen LogP contribution < -0.4 is 14.8 Å². The second kappa shape index (κ2) is 9.41. The molecule has 1 aromatic heterocycles. The van der Waals surface area contributed by atoms with E-state index in [-0.39, 0.29) is 5.56 Å². The largest absolute Gasteiger partial charge is 0.496 e. The number of esters is 1. The van der Waals surface area contributed by atoms with Crippen molar-refractivity contribution in [1.82, 2.24) is 4.98 Å². The summed E-state index contributed by atoms with van der Waals surface area (Å²) in [4.78, 5) is 29.1. The van der Waals surface area contributed by atoms with Gasteiger partial charge in [0.2, 0.25) is 0 Å². The number of carbonyl (C=O) groups is 2. The van der Waals surface area contributed by atoms with Crippen LogP contribution in [0.4, 0.5) is 5.69 Å². The molecule has 0 aliphatic carbocycles. The van der Waals surface area contributed by atoms with Crippen molar-refractivity contribution in [2.75, 3.05) is 26.1 Å². The molecule has 1 heterocycles. The molecule has 30 heavy (non-hydrogen) atoms. The third kappa shape index (κ3) is 4.96. The predicted molar refractivity (Wildman–Crippen MR) is 115 cm³/mol. The van der Waals surface area contributed by atoms with E-state index < -0.39 is 18.5 Å². The first-order chi connectivity index (χ1) is 14.4. The number of ether oxygens (including phenoxy) is 3. The van der Waals surface area contributed by atoms with Crippen LogP contribution in [0.2, 0.25) is 0 Å². The molecule has 3 aromatic rings. The van der Waals surface area contributed by atoms with Gasteiger partial charge in [0.1, 0.15) is 11.5 Å². The highest BCUT2D eigenvalue weighted by atomic mass is 32.1. The van der Waals surface area contributed by atoms with E-state index in [4.69, 9.17) is 14.2 Å². The molecule has 0 aliphatic rings. The van der Waals surface area contributed by atoms with Gasteiger partial charge in [0, 0.05) is 22.2 Å². The topological polar surface area (TPSA) is 86.8 Å². The molecular weight excluding hydrogens is 404 g/mol. The van der Waals surface area contributed by atoms with Crippen LogP contribution in [-0.4, -0.2) is 37.7 Å². The Morgan fingerprint density at radius 2 is 1.77 bits per heavy atom. The third-order valence-corrected chi connectivity index (χ3v) is 5.16. The Hall–Kier alpha value is -3.39. The Morgan fingerprint density at radius 3 is 2.37 bits per heavy atom. The highest BCUT2D eigenvalue weighted by Crippen LogP contribution is 2.29. The molecule has 0 spiro atoms. The number of nitrogens with one attached hydrogen (secondary N) is 1. The molecule has 0 unspecified atom stereocenters. The molecule has 1 N–H and O–H groups in total. The molecule has 0 fully saturated rings. The summed E-state index contributed by atoms with van der Waals surface area (Å²) in [6.07, 6.45) is 0. The van der Waals surface area contributed by atoms with Crippen LogP contribution in [0.1, 0.15) is 20.9 Å². The van der Waals surface area contributed by atoms with E-state index in [1.807, 2.05) is 37.4 Å². The average Bonchev–Trinajstić information content (AvgIpc) is 3.18. The zero-order valence-corrected chi connectivity index (χ0v) is 18.0. The molecule has 8 heteroatoms. The molecule has 0 bridgehead atoms. The van der Waals surface area contributed by atoms with Crippen LogP contribution in [0.5, 0.6) is 11.5 Å². The van der Waals surface area contributed by atoms with Crippen molar-refractivity contribution in [2.45, 2.75) is 13.8 Å².